The fraction of sp³-hybridized carbons (Fsp3) is 0.571. The van der Waals surface area contributed by atoms with Crippen LogP contribution >= 0.6 is 0 Å². The average Bonchev–Trinajstić information content (AvgIpc) is 2.88. The molecule has 0 unspecified atom stereocenters. The van der Waals surface area contributed by atoms with Crippen LogP contribution in [0.2, 0.25) is 0 Å². The zero-order valence-corrected chi connectivity index (χ0v) is 11.1. The molecule has 1 fully saturated rings. The molecule has 0 amide bonds. The summed E-state index contributed by atoms with van der Waals surface area (Å²) in [5.41, 5.74) is 0.466. The second kappa shape index (κ2) is 6.52. The summed E-state index contributed by atoms with van der Waals surface area (Å²) in [6.07, 6.45) is 4.66. The lowest BCUT2D eigenvalue weighted by molar-refractivity contribution is -0.145. The zero-order chi connectivity index (χ0) is 13.7. The predicted molar refractivity (Wildman–Crippen MR) is 70.0 cm³/mol. The number of carbonyl (C=O) groups excluding carboxylic acids is 1. The van der Waals surface area contributed by atoms with Crippen molar-refractivity contribution in [2.45, 2.75) is 38.8 Å². The number of hydrogen-bond donors (Lipinski definition) is 0. The van der Waals surface area contributed by atoms with E-state index in [1.165, 1.54) is 4.57 Å². The van der Waals surface area contributed by atoms with Gasteiger partial charge in [0, 0.05) is 24.8 Å². The van der Waals surface area contributed by atoms with Crippen LogP contribution in [0.5, 0.6) is 0 Å². The number of ether oxygens (including phenoxy) is 2. The normalized spacial score (nSPS) is 18.5. The first kappa shape index (κ1) is 13.8. The van der Waals surface area contributed by atoms with Gasteiger partial charge in [0.05, 0.1) is 12.7 Å². The van der Waals surface area contributed by atoms with Gasteiger partial charge in [0.25, 0.3) is 5.56 Å². The first-order valence-corrected chi connectivity index (χ1v) is 6.60. The van der Waals surface area contributed by atoms with E-state index in [9.17, 15) is 9.59 Å². The lowest BCUT2D eigenvalue weighted by Crippen LogP contribution is -2.26. The van der Waals surface area contributed by atoms with E-state index in [2.05, 4.69) is 0 Å². The first-order valence-electron chi connectivity index (χ1n) is 6.60. The minimum Gasteiger partial charge on any atom is -0.464 e. The summed E-state index contributed by atoms with van der Waals surface area (Å²) in [5, 5.41) is 0. The van der Waals surface area contributed by atoms with Crippen molar-refractivity contribution in [1.82, 2.24) is 4.57 Å². The number of aromatic nitrogens is 1. The summed E-state index contributed by atoms with van der Waals surface area (Å²) in [7, 11) is 0. The molecule has 0 bridgehead atoms. The minimum atomic E-state index is -0.384. The third-order valence-electron chi connectivity index (χ3n) is 3.24. The molecule has 2 rings (SSSR count). The molecular weight excluding hydrogens is 246 g/mol. The molecule has 1 saturated heterocycles. The smallest absolute Gasteiger partial charge is 0.326 e. The van der Waals surface area contributed by atoms with Crippen LogP contribution in [-0.4, -0.2) is 29.9 Å². The second-order valence-corrected chi connectivity index (χ2v) is 4.77. The van der Waals surface area contributed by atoms with Crippen LogP contribution in [0.25, 0.3) is 0 Å². The molecule has 19 heavy (non-hydrogen) atoms. The van der Waals surface area contributed by atoms with Crippen molar-refractivity contribution in [3.05, 3.63) is 34.2 Å². The number of aryl methyl sites for hydroxylation is 1. The maximum absolute atomic E-state index is 11.7. The fourth-order valence-corrected chi connectivity index (χ4v) is 2.14. The third kappa shape index (κ3) is 3.92. The van der Waals surface area contributed by atoms with Crippen molar-refractivity contribution < 1.29 is 14.3 Å². The molecule has 0 aromatic carbocycles. The molecular formula is C14H19NO4. The number of rotatable bonds is 5. The van der Waals surface area contributed by atoms with E-state index in [0.717, 1.165) is 25.9 Å². The van der Waals surface area contributed by atoms with Crippen LogP contribution in [0.4, 0.5) is 0 Å². The monoisotopic (exact) mass is 265 g/mol. The van der Waals surface area contributed by atoms with Gasteiger partial charge in [0.1, 0.15) is 6.54 Å². The molecule has 0 radical (unpaired) electrons. The van der Waals surface area contributed by atoms with Gasteiger partial charge in [-0.3, -0.25) is 9.59 Å². The van der Waals surface area contributed by atoms with E-state index < -0.39 is 0 Å². The molecule has 5 heteroatoms. The van der Waals surface area contributed by atoms with Crippen molar-refractivity contribution in [3.8, 4) is 0 Å². The Kier molecular flexibility index (Phi) is 4.74. The Bertz CT molecular complexity index is 488. The van der Waals surface area contributed by atoms with Crippen LogP contribution in [0.1, 0.15) is 24.8 Å². The predicted octanol–water partition coefficient (Wildman–Crippen LogP) is 1.27. The largest absolute Gasteiger partial charge is 0.464 e. The van der Waals surface area contributed by atoms with Gasteiger partial charge < -0.3 is 14.0 Å². The van der Waals surface area contributed by atoms with Gasteiger partial charge in [-0.1, -0.05) is 6.07 Å². The van der Waals surface area contributed by atoms with Crippen LogP contribution < -0.4 is 5.56 Å². The topological polar surface area (TPSA) is 57.5 Å². The van der Waals surface area contributed by atoms with E-state index in [0.29, 0.717) is 12.2 Å². The first-order chi connectivity index (χ1) is 9.16. The van der Waals surface area contributed by atoms with E-state index >= 15 is 0 Å². The third-order valence-corrected chi connectivity index (χ3v) is 3.24. The Morgan fingerprint density at radius 3 is 3.16 bits per heavy atom. The van der Waals surface area contributed by atoms with Crippen molar-refractivity contribution in [2.24, 2.45) is 0 Å². The SMILES string of the molecule is Cc1cccn(CC(=O)OCC[C@@H]2CCCO2)c1=O. The Balaban J connectivity index is 1.77. The van der Waals surface area contributed by atoms with Gasteiger partial charge >= 0.3 is 5.97 Å². The molecule has 1 aliphatic rings. The van der Waals surface area contributed by atoms with Crippen molar-refractivity contribution >= 4 is 5.97 Å². The average molecular weight is 265 g/mol. The van der Waals surface area contributed by atoms with E-state index in [1.54, 1.807) is 25.3 Å². The maximum atomic E-state index is 11.7. The Hall–Kier alpha value is -1.62. The molecule has 0 N–H and O–H groups in total. The standard InChI is InChI=1S/C14H19NO4/c1-11-4-2-7-15(14(11)17)10-13(16)19-9-6-12-5-3-8-18-12/h2,4,7,12H,3,5-6,8-10H2,1H3/t12-/m0/s1. The van der Waals surface area contributed by atoms with E-state index in [-0.39, 0.29) is 24.2 Å². The number of esters is 1. The summed E-state index contributed by atoms with van der Waals surface area (Å²) in [6, 6.07) is 3.47. The minimum absolute atomic E-state index is 0.0357. The Morgan fingerprint density at radius 1 is 1.58 bits per heavy atom. The van der Waals surface area contributed by atoms with Crippen molar-refractivity contribution in [2.75, 3.05) is 13.2 Å². The molecule has 1 aliphatic heterocycles. The summed E-state index contributed by atoms with van der Waals surface area (Å²) in [5.74, 6) is -0.384. The summed E-state index contributed by atoms with van der Waals surface area (Å²) < 4.78 is 11.9. The summed E-state index contributed by atoms with van der Waals surface area (Å²) in [6.45, 7) is 2.84. The Morgan fingerprint density at radius 2 is 2.42 bits per heavy atom. The number of pyridine rings is 1. The highest BCUT2D eigenvalue weighted by molar-refractivity contribution is 5.69. The van der Waals surface area contributed by atoms with Gasteiger partial charge in [-0.2, -0.15) is 0 Å². The van der Waals surface area contributed by atoms with Gasteiger partial charge in [-0.15, -0.1) is 0 Å². The van der Waals surface area contributed by atoms with Crippen LogP contribution in [0.3, 0.4) is 0 Å². The number of hydrogen-bond acceptors (Lipinski definition) is 4. The molecule has 1 aromatic heterocycles. The molecule has 2 heterocycles. The summed E-state index contributed by atoms with van der Waals surface area (Å²) >= 11 is 0. The molecule has 0 saturated carbocycles. The van der Waals surface area contributed by atoms with Crippen LogP contribution in [-0.2, 0) is 20.8 Å². The highest BCUT2D eigenvalue weighted by Gasteiger charge is 2.16. The lowest BCUT2D eigenvalue weighted by Gasteiger charge is -2.10. The van der Waals surface area contributed by atoms with Gasteiger partial charge in [-0.05, 0) is 25.8 Å². The van der Waals surface area contributed by atoms with Crippen LogP contribution in [0, 0.1) is 6.92 Å². The lowest BCUT2D eigenvalue weighted by atomic mass is 10.2. The molecule has 0 spiro atoms. The molecule has 5 nitrogen and oxygen atoms in total. The van der Waals surface area contributed by atoms with E-state index in [4.69, 9.17) is 9.47 Å². The highest BCUT2D eigenvalue weighted by Crippen LogP contribution is 2.14. The molecule has 1 atom stereocenters. The molecule has 0 aliphatic carbocycles. The Labute approximate surface area is 112 Å². The fourth-order valence-electron chi connectivity index (χ4n) is 2.14. The number of nitrogens with zero attached hydrogens (tertiary/aromatic N) is 1. The van der Waals surface area contributed by atoms with Gasteiger partial charge in [0.15, 0.2) is 0 Å². The zero-order valence-electron chi connectivity index (χ0n) is 11.1. The van der Waals surface area contributed by atoms with Gasteiger partial charge in [-0.25, -0.2) is 0 Å². The summed E-state index contributed by atoms with van der Waals surface area (Å²) in [4.78, 5) is 23.3. The maximum Gasteiger partial charge on any atom is 0.326 e. The highest BCUT2D eigenvalue weighted by atomic mass is 16.5. The van der Waals surface area contributed by atoms with Gasteiger partial charge in [0.2, 0.25) is 0 Å². The molecule has 1 aromatic rings. The molecule has 104 valence electrons. The van der Waals surface area contributed by atoms with Crippen molar-refractivity contribution in [1.29, 1.82) is 0 Å². The van der Waals surface area contributed by atoms with E-state index in [1.807, 2.05) is 0 Å². The number of carbonyl (C=O) groups is 1. The van der Waals surface area contributed by atoms with Crippen LogP contribution in [0.15, 0.2) is 23.1 Å². The quantitative estimate of drug-likeness (QED) is 0.752. The second-order valence-electron chi connectivity index (χ2n) is 4.77. The van der Waals surface area contributed by atoms with Crippen molar-refractivity contribution in [3.63, 3.8) is 0 Å².